The fourth-order valence-electron chi connectivity index (χ4n) is 2.33. The zero-order chi connectivity index (χ0) is 14.4. The molecule has 3 heteroatoms. The topological polar surface area (TPSA) is 21.3 Å². The van der Waals surface area contributed by atoms with Gasteiger partial charge >= 0.3 is 0 Å². The summed E-state index contributed by atoms with van der Waals surface area (Å²) in [6, 6.07) is 14.8. The van der Waals surface area contributed by atoms with Crippen LogP contribution in [0.4, 0.5) is 4.39 Å². The Bertz CT molecular complexity index is 556. The molecule has 0 aliphatic heterocycles. The lowest BCUT2D eigenvalue weighted by atomic mass is 9.98. The minimum atomic E-state index is -0.165. The van der Waals surface area contributed by atoms with Gasteiger partial charge in [-0.05, 0) is 36.7 Å². The van der Waals surface area contributed by atoms with Gasteiger partial charge in [0.2, 0.25) is 0 Å². The largest absolute Gasteiger partial charge is 0.497 e. The third kappa shape index (κ3) is 3.58. The molecule has 2 rings (SSSR count). The van der Waals surface area contributed by atoms with E-state index in [2.05, 4.69) is 5.32 Å². The Morgan fingerprint density at radius 1 is 1.15 bits per heavy atom. The van der Waals surface area contributed by atoms with Crippen molar-refractivity contribution in [3.05, 3.63) is 65.5 Å². The van der Waals surface area contributed by atoms with E-state index < -0.39 is 0 Å². The van der Waals surface area contributed by atoms with Crippen molar-refractivity contribution < 1.29 is 9.13 Å². The summed E-state index contributed by atoms with van der Waals surface area (Å²) in [5, 5.41) is 3.34. The molecule has 0 spiro atoms. The first-order chi connectivity index (χ1) is 9.74. The molecule has 20 heavy (non-hydrogen) atoms. The van der Waals surface area contributed by atoms with Gasteiger partial charge in [-0.25, -0.2) is 4.39 Å². The van der Waals surface area contributed by atoms with Crippen molar-refractivity contribution in [1.82, 2.24) is 5.32 Å². The molecule has 0 saturated heterocycles. The Kier molecular flexibility index (Phi) is 5.13. The van der Waals surface area contributed by atoms with E-state index in [0.717, 1.165) is 24.3 Å². The maximum absolute atomic E-state index is 13.9. The third-order valence-corrected chi connectivity index (χ3v) is 3.31. The van der Waals surface area contributed by atoms with Gasteiger partial charge in [-0.2, -0.15) is 0 Å². The summed E-state index contributed by atoms with van der Waals surface area (Å²) in [7, 11) is 1.65. The molecule has 0 aromatic heterocycles. The molecule has 0 amide bonds. The number of halogens is 1. The summed E-state index contributed by atoms with van der Waals surface area (Å²) >= 11 is 0. The molecular formula is C17H20FNO. The van der Waals surface area contributed by atoms with Crippen molar-refractivity contribution in [3.63, 3.8) is 0 Å². The Balaban J connectivity index is 2.23. The van der Waals surface area contributed by atoms with E-state index in [-0.39, 0.29) is 11.9 Å². The summed E-state index contributed by atoms with van der Waals surface area (Å²) in [5.41, 5.74) is 1.83. The predicted octanol–water partition coefficient (Wildman–Crippen LogP) is 3.73. The van der Waals surface area contributed by atoms with E-state index in [1.807, 2.05) is 43.3 Å². The van der Waals surface area contributed by atoms with Crippen LogP contribution in [-0.2, 0) is 6.42 Å². The van der Waals surface area contributed by atoms with Crippen LogP contribution < -0.4 is 10.1 Å². The molecular weight excluding hydrogens is 253 g/mol. The van der Waals surface area contributed by atoms with E-state index >= 15 is 0 Å². The Labute approximate surface area is 119 Å². The highest BCUT2D eigenvalue weighted by Gasteiger charge is 2.15. The standard InChI is InChI=1S/C17H20FNO/c1-3-19-17(15-9-4-5-10-16(15)18)12-13-7-6-8-14(11-13)20-2/h4-11,17,19H,3,12H2,1-2H3. The first kappa shape index (κ1) is 14.5. The van der Waals surface area contributed by atoms with Gasteiger partial charge in [-0.15, -0.1) is 0 Å². The number of likely N-dealkylation sites (N-methyl/N-ethyl adjacent to an activating group) is 1. The number of methoxy groups -OCH3 is 1. The Morgan fingerprint density at radius 3 is 2.65 bits per heavy atom. The first-order valence-corrected chi connectivity index (χ1v) is 6.85. The van der Waals surface area contributed by atoms with Gasteiger partial charge in [0.1, 0.15) is 11.6 Å². The van der Waals surface area contributed by atoms with Crippen molar-refractivity contribution in [2.75, 3.05) is 13.7 Å². The molecule has 2 aromatic rings. The maximum Gasteiger partial charge on any atom is 0.127 e. The lowest BCUT2D eigenvalue weighted by molar-refractivity contribution is 0.413. The fourth-order valence-corrected chi connectivity index (χ4v) is 2.33. The predicted molar refractivity (Wildman–Crippen MR) is 79.5 cm³/mol. The van der Waals surface area contributed by atoms with Gasteiger partial charge in [0, 0.05) is 11.6 Å². The van der Waals surface area contributed by atoms with E-state index in [1.54, 1.807) is 13.2 Å². The van der Waals surface area contributed by atoms with Crippen LogP contribution in [0.25, 0.3) is 0 Å². The third-order valence-electron chi connectivity index (χ3n) is 3.31. The van der Waals surface area contributed by atoms with Crippen molar-refractivity contribution in [2.24, 2.45) is 0 Å². The molecule has 0 radical (unpaired) electrons. The molecule has 0 saturated carbocycles. The number of nitrogens with one attached hydrogen (secondary N) is 1. The van der Waals surface area contributed by atoms with Crippen LogP contribution in [0.15, 0.2) is 48.5 Å². The monoisotopic (exact) mass is 273 g/mol. The van der Waals surface area contributed by atoms with Crippen molar-refractivity contribution in [1.29, 1.82) is 0 Å². The van der Waals surface area contributed by atoms with Gasteiger partial charge in [-0.3, -0.25) is 0 Å². The van der Waals surface area contributed by atoms with Gasteiger partial charge in [-0.1, -0.05) is 37.3 Å². The smallest absolute Gasteiger partial charge is 0.127 e. The minimum absolute atomic E-state index is 0.0340. The molecule has 0 heterocycles. The summed E-state index contributed by atoms with van der Waals surface area (Å²) in [6.45, 7) is 2.82. The van der Waals surface area contributed by atoms with Gasteiger partial charge < -0.3 is 10.1 Å². The van der Waals surface area contributed by atoms with Crippen LogP contribution >= 0.6 is 0 Å². The average molecular weight is 273 g/mol. The second kappa shape index (κ2) is 7.06. The lowest BCUT2D eigenvalue weighted by Crippen LogP contribution is -2.23. The molecule has 1 unspecified atom stereocenters. The zero-order valence-electron chi connectivity index (χ0n) is 11.9. The highest BCUT2D eigenvalue weighted by molar-refractivity contribution is 5.31. The number of rotatable bonds is 6. The molecule has 0 aliphatic carbocycles. The molecule has 2 nitrogen and oxygen atoms in total. The van der Waals surface area contributed by atoms with Crippen molar-refractivity contribution >= 4 is 0 Å². The summed E-state index contributed by atoms with van der Waals surface area (Å²) in [4.78, 5) is 0. The number of benzene rings is 2. The van der Waals surface area contributed by atoms with Gasteiger partial charge in [0.25, 0.3) is 0 Å². The second-order valence-electron chi connectivity index (χ2n) is 4.69. The first-order valence-electron chi connectivity index (χ1n) is 6.85. The minimum Gasteiger partial charge on any atom is -0.497 e. The Morgan fingerprint density at radius 2 is 1.95 bits per heavy atom. The normalized spacial score (nSPS) is 12.2. The van der Waals surface area contributed by atoms with Crippen LogP contribution in [0.2, 0.25) is 0 Å². The van der Waals surface area contributed by atoms with Gasteiger partial charge in [0.05, 0.1) is 7.11 Å². The van der Waals surface area contributed by atoms with E-state index in [1.165, 1.54) is 6.07 Å². The van der Waals surface area contributed by atoms with Crippen molar-refractivity contribution in [3.8, 4) is 5.75 Å². The molecule has 1 N–H and O–H groups in total. The highest BCUT2D eigenvalue weighted by atomic mass is 19.1. The number of hydrogen-bond donors (Lipinski definition) is 1. The molecule has 0 bridgehead atoms. The zero-order valence-corrected chi connectivity index (χ0v) is 11.9. The fraction of sp³-hybridized carbons (Fsp3) is 0.294. The van der Waals surface area contributed by atoms with E-state index in [9.17, 15) is 4.39 Å². The number of hydrogen-bond acceptors (Lipinski definition) is 2. The summed E-state index contributed by atoms with van der Waals surface area (Å²) < 4.78 is 19.2. The highest BCUT2D eigenvalue weighted by Crippen LogP contribution is 2.23. The quantitative estimate of drug-likeness (QED) is 0.866. The van der Waals surface area contributed by atoms with Crippen LogP contribution in [0.3, 0.4) is 0 Å². The van der Waals surface area contributed by atoms with E-state index in [0.29, 0.717) is 5.56 Å². The van der Waals surface area contributed by atoms with Gasteiger partial charge in [0.15, 0.2) is 0 Å². The molecule has 2 aromatic carbocycles. The molecule has 106 valence electrons. The average Bonchev–Trinajstić information content (AvgIpc) is 2.47. The maximum atomic E-state index is 13.9. The van der Waals surface area contributed by atoms with Crippen LogP contribution in [0.5, 0.6) is 5.75 Å². The van der Waals surface area contributed by atoms with E-state index in [4.69, 9.17) is 4.74 Å². The molecule has 0 aliphatic rings. The van der Waals surface area contributed by atoms with Crippen LogP contribution in [0.1, 0.15) is 24.1 Å². The summed E-state index contributed by atoms with van der Waals surface area (Å²) in [6.07, 6.45) is 0.728. The van der Waals surface area contributed by atoms with Crippen LogP contribution in [-0.4, -0.2) is 13.7 Å². The van der Waals surface area contributed by atoms with Crippen molar-refractivity contribution in [2.45, 2.75) is 19.4 Å². The Hall–Kier alpha value is -1.87. The number of ether oxygens (including phenoxy) is 1. The summed E-state index contributed by atoms with van der Waals surface area (Å²) in [5.74, 6) is 0.660. The molecule has 1 atom stereocenters. The second-order valence-corrected chi connectivity index (χ2v) is 4.69. The lowest BCUT2D eigenvalue weighted by Gasteiger charge is -2.19. The SMILES string of the molecule is CCNC(Cc1cccc(OC)c1)c1ccccc1F. The van der Waals surface area contributed by atoms with Crippen LogP contribution in [0, 0.1) is 5.82 Å². The molecule has 0 fully saturated rings.